The van der Waals surface area contributed by atoms with E-state index in [0.29, 0.717) is 0 Å². The number of alkyl halides is 3. The van der Waals surface area contributed by atoms with Crippen molar-refractivity contribution in [1.29, 1.82) is 0 Å². The van der Waals surface area contributed by atoms with Crippen LogP contribution in [0.4, 0.5) is 13.2 Å². The van der Waals surface area contributed by atoms with Gasteiger partial charge in [0, 0.05) is 5.56 Å². The van der Waals surface area contributed by atoms with Crippen molar-refractivity contribution < 1.29 is 32.3 Å². The molecule has 2 unspecified atom stereocenters. The summed E-state index contributed by atoms with van der Waals surface area (Å²) in [6, 6.07) is 14.7. The highest BCUT2D eigenvalue weighted by Crippen LogP contribution is 2.39. The molecule has 2 atom stereocenters. The van der Waals surface area contributed by atoms with Crippen LogP contribution >= 0.6 is 0 Å². The number of rotatable bonds is 4. The monoisotopic (exact) mass is 483 g/mol. The number of likely N-dealkylation sites (tertiary alicyclic amines) is 1. The number of piperidine rings is 1. The summed E-state index contributed by atoms with van der Waals surface area (Å²) >= 11 is 0. The molecule has 0 amide bonds. The lowest BCUT2D eigenvalue weighted by atomic mass is 10.0. The number of fused-ring (bicyclic) bond motifs is 2. The van der Waals surface area contributed by atoms with Crippen LogP contribution in [0.5, 0.6) is 17.2 Å². The van der Waals surface area contributed by atoms with Crippen LogP contribution in [-0.2, 0) is 12.7 Å². The number of benzene rings is 3. The van der Waals surface area contributed by atoms with Crippen molar-refractivity contribution in [2.45, 2.75) is 44.9 Å². The molecule has 1 aliphatic rings. The number of quaternary nitrogens is 1. The Hall–Kier alpha value is -3.52. The molecule has 1 aromatic heterocycles. The molecule has 1 saturated heterocycles. The fourth-order valence-electron chi connectivity index (χ4n) is 4.82. The molecule has 4 aromatic rings. The van der Waals surface area contributed by atoms with E-state index < -0.39 is 28.9 Å². The minimum absolute atomic E-state index is 0.0769. The molecular formula is C27H24F3NO4. The van der Waals surface area contributed by atoms with Gasteiger partial charge in [0.05, 0.1) is 18.0 Å². The zero-order chi connectivity index (χ0) is 24.7. The Morgan fingerprint density at radius 1 is 1.09 bits per heavy atom. The highest BCUT2D eigenvalue weighted by molar-refractivity contribution is 5.85. The Morgan fingerprint density at radius 2 is 1.86 bits per heavy atom. The second kappa shape index (κ2) is 8.92. The van der Waals surface area contributed by atoms with E-state index in [0.717, 1.165) is 41.5 Å². The molecule has 0 radical (unpaired) electrons. The second-order valence-electron chi connectivity index (χ2n) is 9.10. The van der Waals surface area contributed by atoms with E-state index in [9.17, 15) is 23.1 Å². The smallest absolute Gasteiger partial charge is 0.453 e. The first-order chi connectivity index (χ1) is 16.7. The van der Waals surface area contributed by atoms with Crippen molar-refractivity contribution in [2.75, 3.05) is 6.54 Å². The first kappa shape index (κ1) is 23.2. The molecular weight excluding hydrogens is 459 g/mol. The Labute approximate surface area is 199 Å². The molecule has 5 nitrogen and oxygen atoms in total. The Bertz CT molecular complexity index is 1460. The molecule has 5 rings (SSSR count). The first-order valence-corrected chi connectivity index (χ1v) is 11.6. The standard InChI is InChI=1S/C27H24F3NO4/c1-16-6-4-5-13-31(16)15-21-22(32)12-11-20-23(33)25(26(27(28,29)30)35-24(20)21)34-19-10-9-17-7-2-3-8-18(17)14-19/h2-3,7-12,14,16,32H,4-6,13,15H2,1H3. The quantitative estimate of drug-likeness (QED) is 0.453. The number of ether oxygens (including phenoxy) is 1. The van der Waals surface area contributed by atoms with Crippen molar-refractivity contribution in [2.24, 2.45) is 0 Å². The van der Waals surface area contributed by atoms with Crippen LogP contribution in [0.15, 0.2) is 63.8 Å². The van der Waals surface area contributed by atoms with E-state index in [1.165, 1.54) is 18.2 Å². The summed E-state index contributed by atoms with van der Waals surface area (Å²) in [6.07, 6.45) is -1.98. The van der Waals surface area contributed by atoms with Crippen LogP contribution in [0.3, 0.4) is 0 Å². The lowest BCUT2D eigenvalue weighted by Crippen LogP contribution is -3.14. The zero-order valence-corrected chi connectivity index (χ0v) is 19.1. The average molecular weight is 483 g/mol. The third-order valence-corrected chi connectivity index (χ3v) is 6.76. The maximum absolute atomic E-state index is 14.1. The minimum atomic E-state index is -5.00. The van der Waals surface area contributed by atoms with Gasteiger partial charge in [-0.1, -0.05) is 42.1 Å². The fraction of sp³-hybridized carbons (Fsp3) is 0.296. The molecule has 35 heavy (non-hydrogen) atoms. The van der Waals surface area contributed by atoms with Gasteiger partial charge in [-0.25, -0.2) is 0 Å². The highest BCUT2D eigenvalue weighted by atomic mass is 19.4. The lowest BCUT2D eigenvalue weighted by Gasteiger charge is -2.31. The van der Waals surface area contributed by atoms with Gasteiger partial charge in [-0.3, -0.25) is 4.79 Å². The molecule has 0 aliphatic carbocycles. The van der Waals surface area contributed by atoms with Gasteiger partial charge < -0.3 is 19.2 Å². The number of hydrogen-bond donors (Lipinski definition) is 1. The predicted molar refractivity (Wildman–Crippen MR) is 124 cm³/mol. The topological polar surface area (TPSA) is 66.9 Å². The normalized spacial score (nSPS) is 18.7. The summed E-state index contributed by atoms with van der Waals surface area (Å²) in [4.78, 5) is 14.4. The largest absolute Gasteiger partial charge is 0.872 e. The van der Waals surface area contributed by atoms with Crippen molar-refractivity contribution >= 4 is 21.7 Å². The van der Waals surface area contributed by atoms with E-state index in [1.54, 1.807) is 24.3 Å². The molecule has 0 spiro atoms. The Morgan fingerprint density at radius 3 is 2.60 bits per heavy atom. The van der Waals surface area contributed by atoms with Gasteiger partial charge in [0.2, 0.25) is 11.2 Å². The van der Waals surface area contributed by atoms with Crippen LogP contribution in [0.2, 0.25) is 0 Å². The summed E-state index contributed by atoms with van der Waals surface area (Å²) in [5.41, 5.74) is -1.19. The Kier molecular flexibility index (Phi) is 5.92. The number of halogens is 3. The minimum Gasteiger partial charge on any atom is -0.872 e. The molecule has 0 saturated carbocycles. The molecule has 182 valence electrons. The van der Waals surface area contributed by atoms with E-state index in [2.05, 4.69) is 6.92 Å². The van der Waals surface area contributed by atoms with Crippen molar-refractivity contribution in [3.63, 3.8) is 0 Å². The molecule has 0 bridgehead atoms. The summed E-state index contributed by atoms with van der Waals surface area (Å²) in [5, 5.41) is 14.2. The number of nitrogens with one attached hydrogen (secondary N) is 1. The highest BCUT2D eigenvalue weighted by Gasteiger charge is 2.41. The second-order valence-corrected chi connectivity index (χ2v) is 9.10. The van der Waals surface area contributed by atoms with Gasteiger partial charge in [0.25, 0.3) is 5.76 Å². The maximum Gasteiger partial charge on any atom is 0.453 e. The zero-order valence-electron chi connectivity index (χ0n) is 19.1. The SMILES string of the molecule is CC1CCCC[NH+]1Cc1c([O-])ccc2c(=O)c(Oc3ccc4ccccc4c3)c(C(F)(F)F)oc12. The van der Waals surface area contributed by atoms with E-state index in [-0.39, 0.29) is 34.9 Å². The summed E-state index contributed by atoms with van der Waals surface area (Å²) in [5.74, 6) is -2.85. The fourth-order valence-corrected chi connectivity index (χ4v) is 4.82. The summed E-state index contributed by atoms with van der Waals surface area (Å²) in [7, 11) is 0. The van der Waals surface area contributed by atoms with Gasteiger partial charge in [-0.05, 0) is 55.2 Å². The van der Waals surface area contributed by atoms with Crippen LogP contribution in [0.1, 0.15) is 37.5 Å². The van der Waals surface area contributed by atoms with E-state index in [4.69, 9.17) is 9.15 Å². The molecule has 1 aliphatic heterocycles. The molecule has 8 heteroatoms. The van der Waals surface area contributed by atoms with Crippen molar-refractivity contribution in [3.05, 3.63) is 76.1 Å². The van der Waals surface area contributed by atoms with Crippen LogP contribution in [-0.4, -0.2) is 12.6 Å². The van der Waals surface area contributed by atoms with Gasteiger partial charge >= 0.3 is 6.18 Å². The maximum atomic E-state index is 14.1. The van der Waals surface area contributed by atoms with E-state index >= 15 is 0 Å². The van der Waals surface area contributed by atoms with E-state index in [1.807, 2.05) is 12.1 Å². The van der Waals surface area contributed by atoms with Gasteiger partial charge in [-0.15, -0.1) is 0 Å². The molecule has 2 heterocycles. The average Bonchev–Trinajstić information content (AvgIpc) is 2.83. The Balaban J connectivity index is 1.65. The molecule has 1 fully saturated rings. The summed E-state index contributed by atoms with van der Waals surface area (Å²) in [6.45, 7) is 3.05. The lowest BCUT2D eigenvalue weighted by molar-refractivity contribution is -0.941. The first-order valence-electron chi connectivity index (χ1n) is 11.6. The van der Waals surface area contributed by atoms with Gasteiger partial charge in [0.15, 0.2) is 0 Å². The van der Waals surface area contributed by atoms with Gasteiger partial charge in [-0.2, -0.15) is 13.2 Å². The van der Waals surface area contributed by atoms with Gasteiger partial charge in [0.1, 0.15) is 17.9 Å². The molecule has 3 aromatic carbocycles. The third kappa shape index (κ3) is 4.46. The third-order valence-electron chi connectivity index (χ3n) is 6.76. The summed E-state index contributed by atoms with van der Waals surface area (Å²) < 4.78 is 53.0. The molecule has 1 N–H and O–H groups in total. The van der Waals surface area contributed by atoms with Crippen molar-refractivity contribution in [3.8, 4) is 17.2 Å². The predicted octanol–water partition coefficient (Wildman–Crippen LogP) is 4.79. The van der Waals surface area contributed by atoms with Crippen LogP contribution in [0.25, 0.3) is 21.7 Å². The van der Waals surface area contributed by atoms with Crippen molar-refractivity contribution in [1.82, 2.24) is 0 Å². The van der Waals surface area contributed by atoms with Crippen LogP contribution in [0, 0.1) is 0 Å². The number of hydrogen-bond acceptors (Lipinski definition) is 4. The van der Waals surface area contributed by atoms with Crippen LogP contribution < -0.4 is 20.2 Å².